The lowest BCUT2D eigenvalue weighted by molar-refractivity contribution is 0.389. The topological polar surface area (TPSA) is 201 Å². The summed E-state index contributed by atoms with van der Waals surface area (Å²) < 4.78 is 29.1. The summed E-state index contributed by atoms with van der Waals surface area (Å²) in [6.45, 7) is 53.3. The number of oxazole rings is 1. The van der Waals surface area contributed by atoms with Gasteiger partial charge in [0, 0.05) is 93.8 Å². The van der Waals surface area contributed by atoms with Gasteiger partial charge in [0.1, 0.15) is 23.4 Å². The van der Waals surface area contributed by atoms with Gasteiger partial charge in [0.2, 0.25) is 5.89 Å². The van der Waals surface area contributed by atoms with Crippen molar-refractivity contribution in [3.05, 3.63) is 170 Å². The molecule has 0 N–H and O–H groups in total. The molecule has 0 aliphatic heterocycles. The molecule has 0 radical (unpaired) electrons. The molecule has 0 saturated carbocycles. The van der Waals surface area contributed by atoms with Crippen LogP contribution in [-0.2, 0) is 28.2 Å². The van der Waals surface area contributed by atoms with Crippen LogP contribution in [0.25, 0.3) is 0 Å². The van der Waals surface area contributed by atoms with Gasteiger partial charge >= 0.3 is 0 Å². The van der Waals surface area contributed by atoms with E-state index >= 15 is 0 Å². The summed E-state index contributed by atoms with van der Waals surface area (Å²) in [7, 11) is 7.84. The Labute approximate surface area is 503 Å². The number of aromatic nitrogens is 15. The summed E-state index contributed by atoms with van der Waals surface area (Å²) in [5, 5.41) is 20.1. The van der Waals surface area contributed by atoms with Gasteiger partial charge in [-0.05, 0) is 135 Å². The maximum Gasteiger partial charge on any atom is 0.223 e. The fourth-order valence-corrected chi connectivity index (χ4v) is 5.87. The molecule has 0 bridgehead atoms. The molecule has 0 unspecified atom stereocenters. The van der Waals surface area contributed by atoms with Gasteiger partial charge in [-0.15, -0.1) is 11.3 Å². The lowest BCUT2D eigenvalue weighted by Crippen LogP contribution is -1.91. The van der Waals surface area contributed by atoms with Gasteiger partial charge in [-0.25, -0.2) is 19.3 Å². The molecule has 0 aromatic carbocycles. The van der Waals surface area contributed by atoms with E-state index < -0.39 is 0 Å². The Kier molecular flexibility index (Phi) is 69.8. The van der Waals surface area contributed by atoms with Crippen LogP contribution in [0.5, 0.6) is 0 Å². The summed E-state index contributed by atoms with van der Waals surface area (Å²) in [4.78, 5) is 19.5. The first kappa shape index (κ1) is 88.1. The van der Waals surface area contributed by atoms with Crippen LogP contribution in [-0.4, -0.2) is 72.7 Å². The van der Waals surface area contributed by atoms with Crippen molar-refractivity contribution < 1.29 is 13.5 Å². The number of rotatable bonds is 0. The smallest absolute Gasteiger partial charge is 0.223 e. The van der Waals surface area contributed by atoms with Crippen LogP contribution >= 0.6 is 34.4 Å². The minimum atomic E-state index is 0.623. The molecule has 0 fully saturated rings. The maximum atomic E-state index is 4.60. The Morgan fingerprint density at radius 1 is 0.531 bits per heavy atom. The molecule has 0 amide bonds. The molecule has 10 aromatic heterocycles. The zero-order valence-electron chi connectivity index (χ0n) is 55.9. The van der Waals surface area contributed by atoms with Crippen LogP contribution in [0.15, 0.2) is 110 Å². The van der Waals surface area contributed by atoms with Crippen molar-refractivity contribution >= 4 is 34.4 Å². The highest BCUT2D eigenvalue weighted by Gasteiger charge is 1.92. The second-order valence-electron chi connectivity index (χ2n) is 14.7. The minimum Gasteiger partial charge on any atom is -0.452 e. The van der Waals surface area contributed by atoms with E-state index in [4.69, 9.17) is 0 Å². The second kappa shape index (κ2) is 64.1. The molecular weight excluding hydrogens is 1070 g/mol. The van der Waals surface area contributed by atoms with Crippen molar-refractivity contribution in [1.29, 1.82) is 0 Å². The van der Waals surface area contributed by atoms with E-state index in [9.17, 15) is 0 Å². The molecular formula is C60H109N15O3S3. The Hall–Kier alpha value is -6.71. The molecule has 10 rings (SSSR count). The van der Waals surface area contributed by atoms with Crippen molar-refractivity contribution in [3.8, 4) is 0 Å². The SMILES string of the molecule is CC.CC.CC.CC.CC.CC.CC.Cc1cc(C)n(C)n1.Cc1ccn(C)c1.Cc1cn(C)cn1.Cc1cnn(C)c1.Cc1cnoc1.Cc1cnsc1.Cc1cocn1.Cc1cscn1.Cc1noc(C)n1.Cc1nsc(C)n1. The van der Waals surface area contributed by atoms with Gasteiger partial charge < -0.3 is 22.6 Å². The first-order valence-corrected chi connectivity index (χ1v) is 30.2. The number of imidazole rings is 1. The standard InChI is InChI=1S/C6H10N2.C6H9N.2C5H8N2.C4H6N2O.C4H6N2S.2C4H5NO.2C4H5NS.7C2H6/c1-5-4-6(2)8(3)7-5;1-6-3-4-7(2)5-6;1-5-3-7(2)4-6-5;1-5-3-6-7(2)4-5;2*1-3-5-4(2)7-6-3;1-4-2-6-3-5-4;1-4-2-5-6-3-4;1-4-2-6-3-5-4;1-4-2-5-6-3-4;7*1-2/h4H,1-3H3;3-5H,1-2H3;2*3-4H,1-2H3;2*1-2H3;4*2-3H,1H3;7*1-2H3. The van der Waals surface area contributed by atoms with Crippen LogP contribution < -0.4 is 0 Å². The predicted octanol–water partition coefficient (Wildman–Crippen LogP) is 17.7. The zero-order chi connectivity index (χ0) is 64.1. The van der Waals surface area contributed by atoms with Crippen molar-refractivity contribution in [3.63, 3.8) is 0 Å². The third kappa shape index (κ3) is 60.8. The molecule has 0 aliphatic carbocycles. The highest BCUT2D eigenvalue weighted by molar-refractivity contribution is 7.07. The summed E-state index contributed by atoms with van der Waals surface area (Å²) in [6.07, 6.45) is 19.8. The van der Waals surface area contributed by atoms with Gasteiger partial charge in [0.15, 0.2) is 12.2 Å². The van der Waals surface area contributed by atoms with Gasteiger partial charge in [-0.1, -0.05) is 107 Å². The minimum absolute atomic E-state index is 0.623. The number of thiazole rings is 1. The molecule has 460 valence electrons. The second-order valence-corrected chi connectivity index (χ2v) is 17.0. The zero-order valence-corrected chi connectivity index (χ0v) is 58.3. The monoisotopic (exact) mass is 1180 g/mol. The molecule has 21 heteroatoms. The average molecular weight is 1180 g/mol. The van der Waals surface area contributed by atoms with E-state index in [-0.39, 0.29) is 0 Å². The molecule has 0 saturated heterocycles. The number of hydrogen-bond donors (Lipinski definition) is 0. The van der Waals surface area contributed by atoms with Gasteiger partial charge in [0.05, 0.1) is 41.3 Å². The Morgan fingerprint density at radius 2 is 1.15 bits per heavy atom. The lowest BCUT2D eigenvalue weighted by Gasteiger charge is -1.87. The number of hydrogen-bond acceptors (Lipinski definition) is 17. The Balaban J connectivity index is -0.000000147. The predicted molar refractivity (Wildman–Crippen MR) is 347 cm³/mol. The quantitative estimate of drug-likeness (QED) is 0.139. The first-order chi connectivity index (χ1) is 38.7. The fraction of sp³-hybridized carbons (Fsp3) is 0.517. The van der Waals surface area contributed by atoms with E-state index in [1.54, 1.807) is 54.9 Å². The Bertz CT molecular complexity index is 2190. The molecule has 10 heterocycles. The summed E-state index contributed by atoms with van der Waals surface area (Å²) in [6, 6.07) is 4.14. The first-order valence-electron chi connectivity index (χ1n) is 27.6. The highest BCUT2D eigenvalue weighted by atomic mass is 32.1. The fourth-order valence-electron chi connectivity index (χ4n) is 4.33. The summed E-state index contributed by atoms with van der Waals surface area (Å²) in [5.41, 5.74) is 12.1. The van der Waals surface area contributed by atoms with Gasteiger partial charge in [0.25, 0.3) is 0 Å². The highest BCUT2D eigenvalue weighted by Crippen LogP contribution is 2.00. The van der Waals surface area contributed by atoms with E-state index in [0.29, 0.717) is 11.7 Å². The van der Waals surface area contributed by atoms with Crippen LogP contribution in [0, 0.1) is 90.0 Å². The molecule has 0 atom stereocenters. The van der Waals surface area contributed by atoms with Crippen molar-refractivity contribution in [2.45, 2.75) is 187 Å². The van der Waals surface area contributed by atoms with Crippen LogP contribution in [0.3, 0.4) is 0 Å². The van der Waals surface area contributed by atoms with E-state index in [1.165, 1.54) is 51.8 Å². The van der Waals surface area contributed by atoms with Gasteiger partial charge in [-0.3, -0.25) is 14.3 Å². The third-order valence-corrected chi connectivity index (χ3v) is 9.48. The van der Waals surface area contributed by atoms with Crippen LogP contribution in [0.1, 0.15) is 170 Å². The molecule has 81 heavy (non-hydrogen) atoms. The normalized spacial score (nSPS) is 8.19. The average Bonchev–Trinajstić information content (AvgIpc) is 4.30. The van der Waals surface area contributed by atoms with Crippen molar-refractivity contribution in [1.82, 2.24) is 72.7 Å². The van der Waals surface area contributed by atoms with Crippen molar-refractivity contribution in [2.75, 3.05) is 0 Å². The van der Waals surface area contributed by atoms with E-state index in [2.05, 4.69) is 92.9 Å². The largest absolute Gasteiger partial charge is 0.452 e. The molecule has 18 nitrogen and oxygen atoms in total. The number of nitrogens with zero attached hydrogens (tertiary/aromatic N) is 15. The van der Waals surface area contributed by atoms with Crippen LogP contribution in [0.2, 0.25) is 0 Å². The van der Waals surface area contributed by atoms with E-state index in [1.807, 2.05) is 255 Å². The molecule has 0 aliphatic rings. The lowest BCUT2D eigenvalue weighted by atomic mass is 10.4. The van der Waals surface area contributed by atoms with Crippen LogP contribution in [0.4, 0.5) is 0 Å². The molecule has 10 aromatic rings. The Morgan fingerprint density at radius 3 is 1.27 bits per heavy atom. The summed E-state index contributed by atoms with van der Waals surface area (Å²) in [5.74, 6) is 2.19. The van der Waals surface area contributed by atoms with Gasteiger partial charge in [-0.2, -0.15) is 19.6 Å². The van der Waals surface area contributed by atoms with Crippen molar-refractivity contribution in [2.24, 2.45) is 28.2 Å². The third-order valence-electron chi connectivity index (χ3n) is 7.37. The summed E-state index contributed by atoms with van der Waals surface area (Å²) >= 11 is 4.56. The number of aryl methyl sites for hydroxylation is 17. The maximum absolute atomic E-state index is 4.60. The van der Waals surface area contributed by atoms with E-state index in [0.717, 1.165) is 39.2 Å². The molecule has 0 spiro atoms.